The van der Waals surface area contributed by atoms with E-state index in [-0.39, 0.29) is 0 Å². The van der Waals surface area contributed by atoms with Gasteiger partial charge < -0.3 is 10.6 Å². The van der Waals surface area contributed by atoms with Gasteiger partial charge in [0.25, 0.3) is 0 Å². The van der Waals surface area contributed by atoms with Crippen molar-refractivity contribution in [2.75, 3.05) is 17.2 Å². The molecule has 1 atom stereocenters. The molecule has 0 saturated carbocycles. The average molecular weight is 292 g/mol. The summed E-state index contributed by atoms with van der Waals surface area (Å²) < 4.78 is 0. The van der Waals surface area contributed by atoms with Crippen molar-refractivity contribution >= 4 is 11.6 Å². The standard InChI is InChI=1S/C17H32N4/c1-7-10-18-16-15(12(4)5)17(20-11-19-16)21-13(6)14(8-2)9-3/h11-14H,7-10H2,1-6H3,(H2,18,19,20,21). The third-order valence-electron chi connectivity index (χ3n) is 4.12. The molecule has 0 aliphatic rings. The minimum atomic E-state index is 0.391. The monoisotopic (exact) mass is 292 g/mol. The molecule has 2 N–H and O–H groups in total. The first kappa shape index (κ1) is 17.7. The fourth-order valence-electron chi connectivity index (χ4n) is 2.77. The first-order valence-electron chi connectivity index (χ1n) is 8.40. The van der Waals surface area contributed by atoms with E-state index in [0.29, 0.717) is 17.9 Å². The molecule has 0 bridgehead atoms. The molecule has 0 saturated heterocycles. The fraction of sp³-hybridized carbons (Fsp3) is 0.765. The highest BCUT2D eigenvalue weighted by Gasteiger charge is 2.19. The lowest BCUT2D eigenvalue weighted by molar-refractivity contribution is 0.436. The lowest BCUT2D eigenvalue weighted by Crippen LogP contribution is -2.26. The predicted octanol–water partition coefficient (Wildman–Crippen LogP) is 4.66. The normalized spacial score (nSPS) is 12.8. The predicted molar refractivity (Wildman–Crippen MR) is 92.1 cm³/mol. The van der Waals surface area contributed by atoms with E-state index >= 15 is 0 Å². The summed E-state index contributed by atoms with van der Waals surface area (Å²) in [4.78, 5) is 8.93. The molecule has 1 aromatic heterocycles. The number of anilines is 2. The van der Waals surface area contributed by atoms with Crippen LogP contribution in [0.2, 0.25) is 0 Å². The number of nitrogens with one attached hydrogen (secondary N) is 2. The highest BCUT2D eigenvalue weighted by molar-refractivity contribution is 5.59. The van der Waals surface area contributed by atoms with Crippen molar-refractivity contribution in [3.05, 3.63) is 11.9 Å². The first-order valence-corrected chi connectivity index (χ1v) is 8.40. The Balaban J connectivity index is 3.00. The van der Waals surface area contributed by atoms with Gasteiger partial charge in [0.2, 0.25) is 0 Å². The fourth-order valence-corrected chi connectivity index (χ4v) is 2.77. The molecule has 4 heteroatoms. The highest BCUT2D eigenvalue weighted by Crippen LogP contribution is 2.29. The second-order valence-corrected chi connectivity index (χ2v) is 6.08. The number of rotatable bonds is 9. The van der Waals surface area contributed by atoms with Crippen LogP contribution in [0, 0.1) is 5.92 Å². The second kappa shape index (κ2) is 8.85. The summed E-state index contributed by atoms with van der Waals surface area (Å²) in [5.74, 6) is 3.02. The Morgan fingerprint density at radius 2 is 1.62 bits per heavy atom. The molecular formula is C17H32N4. The average Bonchev–Trinajstić information content (AvgIpc) is 2.46. The maximum Gasteiger partial charge on any atom is 0.135 e. The zero-order valence-electron chi connectivity index (χ0n) is 14.5. The number of hydrogen-bond acceptors (Lipinski definition) is 4. The van der Waals surface area contributed by atoms with Crippen LogP contribution in [0.15, 0.2) is 6.33 Å². The lowest BCUT2D eigenvalue weighted by Gasteiger charge is -2.25. The molecule has 0 amide bonds. The van der Waals surface area contributed by atoms with E-state index in [2.05, 4.69) is 62.1 Å². The van der Waals surface area contributed by atoms with Crippen LogP contribution in [0.1, 0.15) is 72.3 Å². The Hall–Kier alpha value is -1.32. The van der Waals surface area contributed by atoms with Gasteiger partial charge in [0.05, 0.1) is 0 Å². The van der Waals surface area contributed by atoms with E-state index in [1.807, 2.05) is 0 Å². The van der Waals surface area contributed by atoms with Crippen LogP contribution in [0.4, 0.5) is 11.6 Å². The van der Waals surface area contributed by atoms with Gasteiger partial charge in [-0.15, -0.1) is 0 Å². The summed E-state index contributed by atoms with van der Waals surface area (Å²) in [7, 11) is 0. The SMILES string of the molecule is CCCNc1ncnc(NC(C)C(CC)CC)c1C(C)C. The second-order valence-electron chi connectivity index (χ2n) is 6.08. The van der Waals surface area contributed by atoms with Crippen molar-refractivity contribution in [3.63, 3.8) is 0 Å². The summed E-state index contributed by atoms with van der Waals surface area (Å²) in [6.07, 6.45) is 5.13. The van der Waals surface area contributed by atoms with E-state index in [4.69, 9.17) is 0 Å². The largest absolute Gasteiger partial charge is 0.370 e. The lowest BCUT2D eigenvalue weighted by atomic mass is 9.95. The van der Waals surface area contributed by atoms with Crippen LogP contribution >= 0.6 is 0 Å². The van der Waals surface area contributed by atoms with Crippen molar-refractivity contribution in [1.82, 2.24) is 9.97 Å². The van der Waals surface area contributed by atoms with Crippen molar-refractivity contribution in [1.29, 1.82) is 0 Å². The molecule has 0 aliphatic carbocycles. The molecule has 0 aromatic carbocycles. The molecule has 0 spiro atoms. The van der Waals surface area contributed by atoms with Crippen LogP contribution in [0.3, 0.4) is 0 Å². The number of hydrogen-bond donors (Lipinski definition) is 2. The van der Waals surface area contributed by atoms with Gasteiger partial charge in [-0.25, -0.2) is 9.97 Å². The van der Waals surface area contributed by atoms with Gasteiger partial charge in [-0.1, -0.05) is 47.5 Å². The van der Waals surface area contributed by atoms with E-state index in [0.717, 1.165) is 24.6 Å². The van der Waals surface area contributed by atoms with Crippen LogP contribution in [-0.4, -0.2) is 22.6 Å². The molecule has 4 nitrogen and oxygen atoms in total. The van der Waals surface area contributed by atoms with Crippen molar-refractivity contribution in [2.24, 2.45) is 5.92 Å². The maximum absolute atomic E-state index is 4.50. The van der Waals surface area contributed by atoms with E-state index in [1.54, 1.807) is 6.33 Å². The summed E-state index contributed by atoms with van der Waals surface area (Å²) in [5, 5.41) is 7.04. The minimum Gasteiger partial charge on any atom is -0.370 e. The highest BCUT2D eigenvalue weighted by atomic mass is 15.1. The Kier molecular flexibility index (Phi) is 7.48. The van der Waals surface area contributed by atoms with E-state index in [9.17, 15) is 0 Å². The third-order valence-corrected chi connectivity index (χ3v) is 4.12. The van der Waals surface area contributed by atoms with Crippen molar-refractivity contribution in [2.45, 2.75) is 72.8 Å². The zero-order valence-corrected chi connectivity index (χ0v) is 14.5. The quantitative estimate of drug-likeness (QED) is 0.695. The number of aromatic nitrogens is 2. The van der Waals surface area contributed by atoms with Gasteiger partial charge in [0, 0.05) is 18.2 Å². The smallest absolute Gasteiger partial charge is 0.135 e. The van der Waals surface area contributed by atoms with Crippen molar-refractivity contribution < 1.29 is 0 Å². The molecule has 1 unspecified atom stereocenters. The molecular weight excluding hydrogens is 260 g/mol. The van der Waals surface area contributed by atoms with Gasteiger partial charge in [0.1, 0.15) is 18.0 Å². The summed E-state index contributed by atoms with van der Waals surface area (Å²) in [5.41, 5.74) is 1.20. The maximum atomic E-state index is 4.50. The molecule has 120 valence electrons. The third kappa shape index (κ3) is 4.87. The number of nitrogens with zero attached hydrogens (tertiary/aromatic N) is 2. The van der Waals surface area contributed by atoms with Gasteiger partial charge >= 0.3 is 0 Å². The molecule has 1 rings (SSSR count). The Bertz CT molecular complexity index is 413. The van der Waals surface area contributed by atoms with Crippen LogP contribution in [-0.2, 0) is 0 Å². The Morgan fingerprint density at radius 1 is 1.00 bits per heavy atom. The van der Waals surface area contributed by atoms with Crippen LogP contribution < -0.4 is 10.6 Å². The molecule has 1 aromatic rings. The van der Waals surface area contributed by atoms with Crippen LogP contribution in [0.5, 0.6) is 0 Å². The minimum absolute atomic E-state index is 0.391. The van der Waals surface area contributed by atoms with Gasteiger partial charge in [-0.3, -0.25) is 0 Å². The van der Waals surface area contributed by atoms with Gasteiger partial charge in [-0.05, 0) is 25.2 Å². The molecule has 0 aliphatic heterocycles. The first-order chi connectivity index (χ1) is 10.0. The van der Waals surface area contributed by atoms with Crippen LogP contribution in [0.25, 0.3) is 0 Å². The summed E-state index contributed by atoms with van der Waals surface area (Å²) in [6.45, 7) is 14.3. The van der Waals surface area contributed by atoms with E-state index in [1.165, 1.54) is 18.4 Å². The van der Waals surface area contributed by atoms with Crippen molar-refractivity contribution in [3.8, 4) is 0 Å². The molecule has 0 radical (unpaired) electrons. The van der Waals surface area contributed by atoms with Gasteiger partial charge in [-0.2, -0.15) is 0 Å². The topological polar surface area (TPSA) is 49.8 Å². The Morgan fingerprint density at radius 3 is 2.14 bits per heavy atom. The zero-order chi connectivity index (χ0) is 15.8. The molecule has 0 fully saturated rings. The summed E-state index contributed by atoms with van der Waals surface area (Å²) in [6, 6.07) is 0.423. The Labute approximate surface area is 130 Å². The molecule has 21 heavy (non-hydrogen) atoms. The molecule has 1 heterocycles. The van der Waals surface area contributed by atoms with Gasteiger partial charge in [0.15, 0.2) is 0 Å². The summed E-state index contributed by atoms with van der Waals surface area (Å²) >= 11 is 0. The van der Waals surface area contributed by atoms with E-state index < -0.39 is 0 Å².